The number of halogens is 2. The number of rotatable bonds is 5. The molecule has 0 fully saturated rings. The summed E-state index contributed by atoms with van der Waals surface area (Å²) in [7, 11) is 0. The number of carbonyl (C=O) groups is 1. The number of furan rings is 2. The van der Waals surface area contributed by atoms with Crippen LogP contribution in [-0.2, 0) is 0 Å². The first-order valence-corrected chi connectivity index (χ1v) is 9.29. The van der Waals surface area contributed by atoms with E-state index in [1.54, 1.807) is 36.4 Å². The predicted octanol–water partition coefficient (Wildman–Crippen LogP) is 7.41. The van der Waals surface area contributed by atoms with Crippen LogP contribution in [0.5, 0.6) is 0 Å². The third-order valence-corrected chi connectivity index (χ3v) is 4.97. The normalized spacial score (nSPS) is 11.2. The second-order valence-corrected chi connectivity index (χ2v) is 6.82. The summed E-state index contributed by atoms with van der Waals surface area (Å²) in [5.74, 6) is 1.73. The maximum Gasteiger partial charge on any atom is 0.221 e. The molecule has 138 valence electrons. The lowest BCUT2D eigenvalue weighted by Gasteiger charge is -2.01. The van der Waals surface area contributed by atoms with Gasteiger partial charge in [-0.25, -0.2) is 0 Å². The van der Waals surface area contributed by atoms with Gasteiger partial charge >= 0.3 is 0 Å². The highest BCUT2D eigenvalue weighted by molar-refractivity contribution is 6.43. The van der Waals surface area contributed by atoms with Gasteiger partial charge in [0.2, 0.25) is 5.78 Å². The first kappa shape index (κ1) is 18.4. The van der Waals surface area contributed by atoms with E-state index in [0.717, 1.165) is 11.3 Å². The summed E-state index contributed by atoms with van der Waals surface area (Å²) in [5, 5.41) is 0.812. The standard InChI is InChI=1S/C23H14Cl2O3/c24-18-8-4-7-17(23(18)25)21-13-14-22(28-21)19(26)11-9-16-10-12-20(27-16)15-5-2-1-3-6-15/h1-14H. The molecule has 4 rings (SSSR count). The molecule has 0 bridgehead atoms. The highest BCUT2D eigenvalue weighted by Gasteiger charge is 2.14. The molecule has 2 aromatic carbocycles. The van der Waals surface area contributed by atoms with E-state index in [2.05, 4.69) is 0 Å². The molecule has 28 heavy (non-hydrogen) atoms. The van der Waals surface area contributed by atoms with Gasteiger partial charge in [0.05, 0.1) is 10.0 Å². The lowest BCUT2D eigenvalue weighted by molar-refractivity contribution is 0.102. The Kier molecular flexibility index (Phi) is 5.20. The molecule has 0 aliphatic heterocycles. The number of hydrogen-bond acceptors (Lipinski definition) is 3. The lowest BCUT2D eigenvalue weighted by atomic mass is 10.2. The monoisotopic (exact) mass is 408 g/mol. The summed E-state index contributed by atoms with van der Waals surface area (Å²) >= 11 is 12.2. The molecular formula is C23H14Cl2O3. The average molecular weight is 409 g/mol. The van der Waals surface area contributed by atoms with E-state index < -0.39 is 0 Å². The zero-order valence-corrected chi connectivity index (χ0v) is 16.1. The van der Waals surface area contributed by atoms with Gasteiger partial charge in [-0.05, 0) is 48.6 Å². The van der Waals surface area contributed by atoms with Gasteiger partial charge in [0.1, 0.15) is 17.3 Å². The summed E-state index contributed by atoms with van der Waals surface area (Å²) in [4.78, 5) is 12.4. The maximum atomic E-state index is 12.4. The lowest BCUT2D eigenvalue weighted by Crippen LogP contribution is -1.90. The van der Waals surface area contributed by atoms with Gasteiger partial charge in [-0.15, -0.1) is 0 Å². The van der Waals surface area contributed by atoms with Gasteiger partial charge < -0.3 is 8.83 Å². The number of allylic oxidation sites excluding steroid dienone is 1. The molecule has 0 saturated heterocycles. The maximum absolute atomic E-state index is 12.4. The van der Waals surface area contributed by atoms with Crippen molar-refractivity contribution in [3.8, 4) is 22.6 Å². The minimum absolute atomic E-state index is 0.206. The van der Waals surface area contributed by atoms with Crippen molar-refractivity contribution in [1.82, 2.24) is 0 Å². The van der Waals surface area contributed by atoms with Crippen LogP contribution in [-0.4, -0.2) is 5.78 Å². The van der Waals surface area contributed by atoms with Crippen molar-refractivity contribution >= 4 is 35.1 Å². The van der Waals surface area contributed by atoms with E-state index in [4.69, 9.17) is 32.0 Å². The first-order chi connectivity index (χ1) is 13.6. The van der Waals surface area contributed by atoms with Gasteiger partial charge in [0.25, 0.3) is 0 Å². The Hall–Kier alpha value is -3.01. The van der Waals surface area contributed by atoms with Crippen molar-refractivity contribution < 1.29 is 13.6 Å². The van der Waals surface area contributed by atoms with Crippen molar-refractivity contribution in [3.63, 3.8) is 0 Å². The minimum Gasteiger partial charge on any atom is -0.457 e. The Morgan fingerprint density at radius 1 is 0.786 bits per heavy atom. The van der Waals surface area contributed by atoms with Crippen LogP contribution in [0.15, 0.2) is 87.7 Å². The Morgan fingerprint density at radius 2 is 1.57 bits per heavy atom. The Morgan fingerprint density at radius 3 is 2.39 bits per heavy atom. The smallest absolute Gasteiger partial charge is 0.221 e. The van der Waals surface area contributed by atoms with Crippen molar-refractivity contribution in [3.05, 3.63) is 100 Å². The molecule has 3 nitrogen and oxygen atoms in total. The van der Waals surface area contributed by atoms with Crippen LogP contribution in [0.4, 0.5) is 0 Å². The van der Waals surface area contributed by atoms with E-state index in [0.29, 0.717) is 27.1 Å². The van der Waals surface area contributed by atoms with Crippen LogP contribution in [0, 0.1) is 0 Å². The SMILES string of the molecule is O=C(C=Cc1ccc(-c2ccccc2)o1)c1ccc(-c2cccc(Cl)c2Cl)o1. The van der Waals surface area contributed by atoms with Crippen LogP contribution in [0.1, 0.15) is 16.3 Å². The number of ketones is 1. The molecule has 4 aromatic rings. The summed E-state index contributed by atoms with van der Waals surface area (Å²) in [5.41, 5.74) is 1.61. The van der Waals surface area contributed by atoms with E-state index in [-0.39, 0.29) is 11.5 Å². The summed E-state index contributed by atoms with van der Waals surface area (Å²) in [6.45, 7) is 0. The van der Waals surface area contributed by atoms with Gasteiger partial charge in [0, 0.05) is 11.1 Å². The Balaban J connectivity index is 1.51. The molecule has 0 amide bonds. The van der Waals surface area contributed by atoms with Crippen molar-refractivity contribution in [2.45, 2.75) is 0 Å². The summed E-state index contributed by atoms with van der Waals surface area (Å²) in [6.07, 6.45) is 3.03. The third kappa shape index (κ3) is 3.81. The molecule has 0 aliphatic rings. The van der Waals surface area contributed by atoms with Crippen molar-refractivity contribution in [2.24, 2.45) is 0 Å². The molecule has 0 N–H and O–H groups in total. The van der Waals surface area contributed by atoms with Crippen molar-refractivity contribution in [1.29, 1.82) is 0 Å². The summed E-state index contributed by atoms with van der Waals surface area (Å²) < 4.78 is 11.4. The fourth-order valence-electron chi connectivity index (χ4n) is 2.75. The topological polar surface area (TPSA) is 43.4 Å². The van der Waals surface area contributed by atoms with Crippen LogP contribution < -0.4 is 0 Å². The number of hydrogen-bond donors (Lipinski definition) is 0. The molecule has 0 spiro atoms. The Labute approximate surface area is 171 Å². The zero-order valence-electron chi connectivity index (χ0n) is 14.6. The third-order valence-electron chi connectivity index (χ3n) is 4.15. The van der Waals surface area contributed by atoms with Gasteiger partial charge in [0.15, 0.2) is 5.76 Å². The summed E-state index contributed by atoms with van der Waals surface area (Å²) in [6, 6.07) is 22.0. The van der Waals surface area contributed by atoms with Crippen LogP contribution in [0.2, 0.25) is 10.0 Å². The Bertz CT molecular complexity index is 1150. The number of benzene rings is 2. The largest absolute Gasteiger partial charge is 0.457 e. The molecule has 2 aromatic heterocycles. The highest BCUT2D eigenvalue weighted by Crippen LogP contribution is 2.34. The van der Waals surface area contributed by atoms with Gasteiger partial charge in [-0.2, -0.15) is 0 Å². The molecule has 2 heterocycles. The number of carbonyl (C=O) groups excluding carboxylic acids is 1. The fourth-order valence-corrected chi connectivity index (χ4v) is 3.14. The second-order valence-electron chi connectivity index (χ2n) is 6.03. The van der Waals surface area contributed by atoms with E-state index >= 15 is 0 Å². The van der Waals surface area contributed by atoms with E-state index in [1.165, 1.54) is 6.08 Å². The minimum atomic E-state index is -0.276. The molecule has 0 unspecified atom stereocenters. The van der Waals surface area contributed by atoms with Gasteiger partial charge in [-0.3, -0.25) is 4.79 Å². The molecule has 0 saturated carbocycles. The van der Waals surface area contributed by atoms with Gasteiger partial charge in [-0.1, -0.05) is 59.6 Å². The second kappa shape index (κ2) is 7.93. The van der Waals surface area contributed by atoms with Crippen LogP contribution in [0.25, 0.3) is 28.7 Å². The quantitative estimate of drug-likeness (QED) is 0.255. The first-order valence-electron chi connectivity index (χ1n) is 8.54. The average Bonchev–Trinajstić information content (AvgIpc) is 3.39. The molecular weight excluding hydrogens is 395 g/mol. The molecule has 0 radical (unpaired) electrons. The van der Waals surface area contributed by atoms with E-state index in [9.17, 15) is 4.79 Å². The van der Waals surface area contributed by atoms with Crippen LogP contribution >= 0.6 is 23.2 Å². The van der Waals surface area contributed by atoms with Crippen LogP contribution in [0.3, 0.4) is 0 Å². The molecule has 0 aliphatic carbocycles. The zero-order chi connectivity index (χ0) is 19.5. The molecule has 0 atom stereocenters. The fraction of sp³-hybridized carbons (Fsp3) is 0. The van der Waals surface area contributed by atoms with E-state index in [1.807, 2.05) is 42.5 Å². The molecule has 5 heteroatoms. The highest BCUT2D eigenvalue weighted by atomic mass is 35.5. The van der Waals surface area contributed by atoms with Crippen molar-refractivity contribution in [2.75, 3.05) is 0 Å². The predicted molar refractivity (Wildman–Crippen MR) is 112 cm³/mol.